The Morgan fingerprint density at radius 1 is 1.59 bits per heavy atom. The smallest absolute Gasteiger partial charge is 0.271 e. The van der Waals surface area contributed by atoms with Crippen molar-refractivity contribution in [1.29, 1.82) is 0 Å². The molecule has 0 aromatic carbocycles. The number of thiophene rings is 1. The fraction of sp³-hybridized carbons (Fsp3) is 0.250. The van der Waals surface area contributed by atoms with E-state index in [0.29, 0.717) is 10.6 Å². The van der Waals surface area contributed by atoms with Gasteiger partial charge in [-0.15, -0.1) is 11.3 Å². The van der Waals surface area contributed by atoms with Crippen LogP contribution < -0.4 is 5.43 Å². The molecule has 2 rings (SSSR count). The standard InChI is InChI=1S/C12H12FN5O3S/c1-7-12(18(20)21)8(2)17(16-7)6-11(19)15-14-5-9-3-4-10(13)22-9/h3-5H,6H2,1-2H3,(H,15,19)/b14-5+. The lowest BCUT2D eigenvalue weighted by Gasteiger charge is -2.01. The number of amides is 1. The molecule has 0 bridgehead atoms. The number of carbonyl (C=O) groups is 1. The first-order valence-corrected chi connectivity index (χ1v) is 6.95. The van der Waals surface area contributed by atoms with Gasteiger partial charge in [-0.2, -0.15) is 14.6 Å². The fourth-order valence-electron chi connectivity index (χ4n) is 1.84. The van der Waals surface area contributed by atoms with Crippen LogP contribution in [0.4, 0.5) is 10.1 Å². The van der Waals surface area contributed by atoms with Gasteiger partial charge < -0.3 is 0 Å². The lowest BCUT2D eigenvalue weighted by molar-refractivity contribution is -0.386. The fourth-order valence-corrected chi connectivity index (χ4v) is 2.45. The lowest BCUT2D eigenvalue weighted by Crippen LogP contribution is -2.24. The maximum Gasteiger partial charge on any atom is 0.312 e. The third kappa shape index (κ3) is 3.52. The van der Waals surface area contributed by atoms with E-state index in [4.69, 9.17) is 0 Å². The Bertz CT molecular complexity index is 752. The SMILES string of the molecule is Cc1nn(CC(=O)N/N=C/c2ccc(F)s2)c(C)c1[N+](=O)[O-]. The van der Waals surface area contributed by atoms with Crippen LogP contribution in [0.15, 0.2) is 17.2 Å². The van der Waals surface area contributed by atoms with E-state index < -0.39 is 10.8 Å². The molecule has 1 amide bonds. The van der Waals surface area contributed by atoms with Crippen molar-refractivity contribution < 1.29 is 14.1 Å². The third-order valence-electron chi connectivity index (χ3n) is 2.79. The number of nitrogens with one attached hydrogen (secondary N) is 1. The first-order chi connectivity index (χ1) is 10.4. The van der Waals surface area contributed by atoms with E-state index >= 15 is 0 Å². The van der Waals surface area contributed by atoms with Crippen LogP contribution in [-0.2, 0) is 11.3 Å². The predicted molar refractivity (Wildman–Crippen MR) is 78.4 cm³/mol. The van der Waals surface area contributed by atoms with Gasteiger partial charge in [-0.1, -0.05) is 0 Å². The van der Waals surface area contributed by atoms with E-state index in [0.717, 1.165) is 11.3 Å². The molecule has 0 saturated heterocycles. The van der Waals surface area contributed by atoms with Crippen molar-refractivity contribution in [2.24, 2.45) is 5.10 Å². The van der Waals surface area contributed by atoms with Gasteiger partial charge in [0, 0.05) is 0 Å². The van der Waals surface area contributed by atoms with Crippen molar-refractivity contribution in [2.75, 3.05) is 0 Å². The van der Waals surface area contributed by atoms with Gasteiger partial charge in [0.15, 0.2) is 5.13 Å². The number of hydrogen-bond donors (Lipinski definition) is 1. The zero-order valence-electron chi connectivity index (χ0n) is 11.7. The maximum absolute atomic E-state index is 12.8. The lowest BCUT2D eigenvalue weighted by atomic mass is 10.3. The van der Waals surface area contributed by atoms with E-state index in [1.807, 2.05) is 0 Å². The minimum Gasteiger partial charge on any atom is -0.271 e. The molecule has 8 nitrogen and oxygen atoms in total. The Kier molecular flexibility index (Phi) is 4.61. The van der Waals surface area contributed by atoms with Gasteiger partial charge in [0.1, 0.15) is 17.9 Å². The van der Waals surface area contributed by atoms with Crippen molar-refractivity contribution in [1.82, 2.24) is 15.2 Å². The summed E-state index contributed by atoms with van der Waals surface area (Å²) in [5, 5.41) is 18.2. The number of halogens is 1. The first-order valence-electron chi connectivity index (χ1n) is 6.14. The van der Waals surface area contributed by atoms with E-state index in [1.54, 1.807) is 0 Å². The molecule has 116 valence electrons. The first kappa shape index (κ1) is 15.8. The Morgan fingerprint density at radius 3 is 2.86 bits per heavy atom. The summed E-state index contributed by atoms with van der Waals surface area (Å²) in [6, 6.07) is 2.82. The van der Waals surface area contributed by atoms with E-state index in [2.05, 4.69) is 15.6 Å². The molecule has 22 heavy (non-hydrogen) atoms. The number of hydrogen-bond acceptors (Lipinski definition) is 6. The topological polar surface area (TPSA) is 102 Å². The molecule has 1 N–H and O–H groups in total. The molecule has 2 aromatic heterocycles. The Labute approximate surface area is 128 Å². The molecule has 0 radical (unpaired) electrons. The normalized spacial score (nSPS) is 11.0. The molecule has 0 aliphatic heterocycles. The van der Waals surface area contributed by atoms with Gasteiger partial charge in [-0.3, -0.25) is 19.6 Å². The molecule has 0 aliphatic rings. The highest BCUT2D eigenvalue weighted by molar-refractivity contribution is 7.12. The highest BCUT2D eigenvalue weighted by Gasteiger charge is 2.22. The molecule has 0 unspecified atom stereocenters. The highest BCUT2D eigenvalue weighted by atomic mass is 32.1. The summed E-state index contributed by atoms with van der Waals surface area (Å²) in [6.07, 6.45) is 1.31. The van der Waals surface area contributed by atoms with Crippen LogP contribution in [0.1, 0.15) is 16.3 Å². The van der Waals surface area contributed by atoms with Crippen molar-refractivity contribution in [3.05, 3.63) is 43.6 Å². The molecule has 0 aliphatic carbocycles. The minimum absolute atomic E-state index is 0.106. The number of hydrazone groups is 1. The number of nitrogens with zero attached hydrogens (tertiary/aromatic N) is 4. The average Bonchev–Trinajstić information content (AvgIpc) is 2.94. The van der Waals surface area contributed by atoms with E-state index in [1.165, 1.54) is 36.9 Å². The van der Waals surface area contributed by atoms with E-state index in [9.17, 15) is 19.3 Å². The number of aromatic nitrogens is 2. The van der Waals surface area contributed by atoms with Gasteiger partial charge in [-0.05, 0) is 26.0 Å². The number of rotatable bonds is 5. The second-order valence-corrected chi connectivity index (χ2v) is 5.43. The minimum atomic E-state index is -0.532. The van der Waals surface area contributed by atoms with Gasteiger partial charge in [0.2, 0.25) is 0 Å². The quantitative estimate of drug-likeness (QED) is 0.514. The Morgan fingerprint density at radius 2 is 2.32 bits per heavy atom. The highest BCUT2D eigenvalue weighted by Crippen LogP contribution is 2.21. The van der Waals surface area contributed by atoms with Crippen LogP contribution in [0.25, 0.3) is 0 Å². The molecule has 2 heterocycles. The van der Waals surface area contributed by atoms with Gasteiger partial charge in [-0.25, -0.2) is 5.43 Å². The van der Waals surface area contributed by atoms with Crippen LogP contribution >= 0.6 is 11.3 Å². The largest absolute Gasteiger partial charge is 0.312 e. The van der Waals surface area contributed by atoms with Crippen molar-refractivity contribution >= 4 is 29.1 Å². The maximum atomic E-state index is 12.8. The van der Waals surface area contributed by atoms with Crippen LogP contribution in [0.5, 0.6) is 0 Å². The van der Waals surface area contributed by atoms with Gasteiger partial charge in [0.25, 0.3) is 5.91 Å². The average molecular weight is 325 g/mol. The van der Waals surface area contributed by atoms with Gasteiger partial charge in [0.05, 0.1) is 16.0 Å². The number of aryl methyl sites for hydroxylation is 1. The van der Waals surface area contributed by atoms with Crippen molar-refractivity contribution in [3.8, 4) is 0 Å². The molecule has 0 saturated carbocycles. The third-order valence-corrected chi connectivity index (χ3v) is 3.60. The van der Waals surface area contributed by atoms with Crippen LogP contribution in [0.2, 0.25) is 0 Å². The van der Waals surface area contributed by atoms with Crippen LogP contribution in [0.3, 0.4) is 0 Å². The monoisotopic (exact) mass is 325 g/mol. The van der Waals surface area contributed by atoms with Crippen LogP contribution in [0, 0.1) is 29.1 Å². The number of nitro groups is 1. The summed E-state index contributed by atoms with van der Waals surface area (Å²) < 4.78 is 14.0. The molecular weight excluding hydrogens is 313 g/mol. The Hall–Kier alpha value is -2.62. The molecule has 2 aromatic rings. The molecule has 0 fully saturated rings. The predicted octanol–water partition coefficient (Wildman–Crippen LogP) is 1.76. The zero-order chi connectivity index (χ0) is 16.3. The second-order valence-electron chi connectivity index (χ2n) is 4.37. The molecule has 0 atom stereocenters. The Balaban J connectivity index is 1.99. The summed E-state index contributed by atoms with van der Waals surface area (Å²) in [6.45, 7) is 2.82. The summed E-state index contributed by atoms with van der Waals surface area (Å²) in [5.41, 5.74) is 2.69. The van der Waals surface area contributed by atoms with Crippen LogP contribution in [-0.4, -0.2) is 26.8 Å². The summed E-state index contributed by atoms with van der Waals surface area (Å²) in [5.74, 6) is -0.492. The summed E-state index contributed by atoms with van der Waals surface area (Å²) >= 11 is 0.895. The summed E-state index contributed by atoms with van der Waals surface area (Å²) in [7, 11) is 0. The zero-order valence-corrected chi connectivity index (χ0v) is 12.6. The van der Waals surface area contributed by atoms with Crippen molar-refractivity contribution in [2.45, 2.75) is 20.4 Å². The number of carbonyl (C=O) groups excluding carboxylic acids is 1. The molecule has 10 heteroatoms. The summed E-state index contributed by atoms with van der Waals surface area (Å²) in [4.78, 5) is 22.6. The molecule has 0 spiro atoms. The molecular formula is C12H12FN5O3S. The van der Waals surface area contributed by atoms with Crippen molar-refractivity contribution in [3.63, 3.8) is 0 Å². The second kappa shape index (κ2) is 6.43. The van der Waals surface area contributed by atoms with Gasteiger partial charge >= 0.3 is 5.69 Å². The van der Waals surface area contributed by atoms with E-state index in [-0.39, 0.29) is 23.1 Å².